The van der Waals surface area contributed by atoms with E-state index in [1.807, 2.05) is 13.8 Å². The van der Waals surface area contributed by atoms with E-state index in [-0.39, 0.29) is 11.5 Å². The lowest BCUT2D eigenvalue weighted by Gasteiger charge is -2.03. The van der Waals surface area contributed by atoms with Gasteiger partial charge in [-0.1, -0.05) is 6.92 Å². The first kappa shape index (κ1) is 14.3. The number of aromatic amines is 1. The van der Waals surface area contributed by atoms with Gasteiger partial charge in [0.05, 0.1) is 5.39 Å². The van der Waals surface area contributed by atoms with Crippen molar-refractivity contribution in [1.82, 2.24) is 15.3 Å². The number of thiophene rings is 1. The van der Waals surface area contributed by atoms with Crippen molar-refractivity contribution in [3.63, 3.8) is 0 Å². The first-order chi connectivity index (χ1) is 9.95. The second-order valence-electron chi connectivity index (χ2n) is 5.86. The smallest absolute Gasteiger partial charge is 0.259 e. The van der Waals surface area contributed by atoms with Crippen molar-refractivity contribution in [3.05, 3.63) is 26.6 Å². The Labute approximate surface area is 126 Å². The topological polar surface area (TPSA) is 74.8 Å². The molecular formula is C15H19N3O2S. The third kappa shape index (κ3) is 2.85. The molecule has 112 valence electrons. The number of aromatic nitrogens is 2. The molecule has 5 nitrogen and oxygen atoms in total. The van der Waals surface area contributed by atoms with Gasteiger partial charge in [-0.25, -0.2) is 4.98 Å². The number of rotatable bonds is 4. The van der Waals surface area contributed by atoms with Gasteiger partial charge in [-0.05, 0) is 31.7 Å². The highest BCUT2D eigenvalue weighted by Gasteiger charge is 2.33. The van der Waals surface area contributed by atoms with Gasteiger partial charge in [0.1, 0.15) is 10.7 Å². The summed E-state index contributed by atoms with van der Waals surface area (Å²) in [6.07, 6.45) is 1.90. The average molecular weight is 305 g/mol. The Morgan fingerprint density at radius 2 is 2.19 bits per heavy atom. The number of nitrogens with zero attached hydrogens (tertiary/aromatic N) is 1. The minimum atomic E-state index is -0.104. The third-order valence-corrected chi connectivity index (χ3v) is 5.23. The Kier molecular flexibility index (Phi) is 3.57. The predicted octanol–water partition coefficient (Wildman–Crippen LogP) is 2.06. The van der Waals surface area contributed by atoms with Crippen LogP contribution < -0.4 is 10.9 Å². The van der Waals surface area contributed by atoms with Gasteiger partial charge in [0.15, 0.2) is 0 Å². The monoisotopic (exact) mass is 305 g/mol. The lowest BCUT2D eigenvalue weighted by molar-refractivity contribution is -0.121. The molecule has 3 rings (SSSR count). The van der Waals surface area contributed by atoms with Crippen LogP contribution in [0.4, 0.5) is 0 Å². The van der Waals surface area contributed by atoms with Gasteiger partial charge in [0.25, 0.3) is 5.56 Å². The quantitative estimate of drug-likeness (QED) is 0.908. The van der Waals surface area contributed by atoms with Gasteiger partial charge in [0, 0.05) is 23.8 Å². The van der Waals surface area contributed by atoms with Crippen LogP contribution in [0.15, 0.2) is 4.79 Å². The van der Waals surface area contributed by atoms with Crippen molar-refractivity contribution >= 4 is 27.5 Å². The van der Waals surface area contributed by atoms with E-state index in [4.69, 9.17) is 0 Å². The number of aryl methyl sites for hydroxylation is 3. The molecule has 1 fully saturated rings. The number of hydrogen-bond donors (Lipinski definition) is 2. The molecule has 1 aliphatic carbocycles. The summed E-state index contributed by atoms with van der Waals surface area (Å²) in [6, 6.07) is 0.342. The lowest BCUT2D eigenvalue weighted by atomic mass is 10.2. The summed E-state index contributed by atoms with van der Waals surface area (Å²) in [4.78, 5) is 33.1. The Hall–Kier alpha value is -1.69. The zero-order chi connectivity index (χ0) is 15.1. The van der Waals surface area contributed by atoms with Crippen molar-refractivity contribution in [2.45, 2.75) is 46.1 Å². The van der Waals surface area contributed by atoms with E-state index in [9.17, 15) is 9.59 Å². The number of nitrogens with one attached hydrogen (secondary N) is 2. The predicted molar refractivity (Wildman–Crippen MR) is 83.7 cm³/mol. The Balaban J connectivity index is 1.72. The van der Waals surface area contributed by atoms with Crippen molar-refractivity contribution < 1.29 is 4.79 Å². The van der Waals surface area contributed by atoms with Crippen LogP contribution in [0.2, 0.25) is 0 Å². The first-order valence-electron chi connectivity index (χ1n) is 7.24. The number of fused-ring (bicyclic) bond motifs is 1. The highest BCUT2D eigenvalue weighted by molar-refractivity contribution is 7.18. The molecule has 1 amide bonds. The standard InChI is InChI=1S/C15H19N3O2S/c1-7-6-10(7)16-12(19)5-4-11-17-14(20)13-8(2)9(3)21-15(13)18-11/h7,10H,4-6H2,1-3H3,(H,16,19)(H,17,18,20). The Bertz CT molecular complexity index is 762. The van der Waals surface area contributed by atoms with Gasteiger partial charge < -0.3 is 10.3 Å². The zero-order valence-corrected chi connectivity index (χ0v) is 13.3. The SMILES string of the molecule is Cc1sc2nc(CCC(=O)NC3CC3C)[nH]c(=O)c2c1C. The highest BCUT2D eigenvalue weighted by atomic mass is 32.1. The van der Waals surface area contributed by atoms with Crippen LogP contribution in [-0.4, -0.2) is 21.9 Å². The molecule has 0 saturated heterocycles. The van der Waals surface area contributed by atoms with Crippen LogP contribution in [0.1, 0.15) is 36.0 Å². The van der Waals surface area contributed by atoms with Gasteiger partial charge >= 0.3 is 0 Å². The number of amides is 1. The van der Waals surface area contributed by atoms with Crippen LogP contribution in [0.5, 0.6) is 0 Å². The summed E-state index contributed by atoms with van der Waals surface area (Å²) < 4.78 is 0. The number of hydrogen-bond acceptors (Lipinski definition) is 4. The molecule has 2 aromatic heterocycles. The van der Waals surface area contributed by atoms with Crippen LogP contribution in [-0.2, 0) is 11.2 Å². The van der Waals surface area contributed by atoms with E-state index in [1.165, 1.54) is 11.3 Å². The molecule has 2 unspecified atom stereocenters. The van der Waals surface area contributed by atoms with Crippen LogP contribution in [0.25, 0.3) is 10.2 Å². The number of H-pyrrole nitrogens is 1. The molecule has 0 aromatic carbocycles. The largest absolute Gasteiger partial charge is 0.353 e. The van der Waals surface area contributed by atoms with Gasteiger partial charge in [0.2, 0.25) is 5.91 Å². The molecule has 0 spiro atoms. The Morgan fingerprint density at radius 3 is 2.86 bits per heavy atom. The molecule has 6 heteroatoms. The molecule has 2 aromatic rings. The summed E-state index contributed by atoms with van der Waals surface area (Å²) in [5, 5.41) is 3.66. The highest BCUT2D eigenvalue weighted by Crippen LogP contribution is 2.29. The van der Waals surface area contributed by atoms with E-state index < -0.39 is 0 Å². The maximum atomic E-state index is 12.1. The molecule has 1 saturated carbocycles. The summed E-state index contributed by atoms with van der Waals surface area (Å²) in [7, 11) is 0. The van der Waals surface area contributed by atoms with E-state index in [2.05, 4.69) is 22.2 Å². The van der Waals surface area contributed by atoms with Crippen molar-refractivity contribution in [2.24, 2.45) is 5.92 Å². The number of carbonyl (C=O) groups excluding carboxylic acids is 1. The minimum absolute atomic E-state index is 0.0330. The van der Waals surface area contributed by atoms with E-state index in [0.717, 1.165) is 21.7 Å². The molecule has 0 aliphatic heterocycles. The molecule has 2 N–H and O–H groups in total. The molecule has 0 bridgehead atoms. The minimum Gasteiger partial charge on any atom is -0.353 e. The van der Waals surface area contributed by atoms with Crippen LogP contribution >= 0.6 is 11.3 Å². The maximum Gasteiger partial charge on any atom is 0.259 e. The summed E-state index contributed by atoms with van der Waals surface area (Å²) in [5.74, 6) is 1.22. The van der Waals surface area contributed by atoms with E-state index in [0.29, 0.717) is 36.0 Å². The van der Waals surface area contributed by atoms with Crippen molar-refractivity contribution in [2.75, 3.05) is 0 Å². The molecule has 0 radical (unpaired) electrons. The summed E-state index contributed by atoms with van der Waals surface area (Å²) in [5.41, 5.74) is 0.892. The van der Waals surface area contributed by atoms with Crippen LogP contribution in [0.3, 0.4) is 0 Å². The average Bonchev–Trinajstić information content (AvgIpc) is 3.01. The normalized spacial score (nSPS) is 20.7. The fourth-order valence-corrected chi connectivity index (χ4v) is 3.50. The fraction of sp³-hybridized carbons (Fsp3) is 0.533. The summed E-state index contributed by atoms with van der Waals surface area (Å²) >= 11 is 1.53. The first-order valence-corrected chi connectivity index (χ1v) is 8.05. The molecule has 2 atom stereocenters. The fourth-order valence-electron chi connectivity index (χ4n) is 2.45. The maximum absolute atomic E-state index is 12.1. The molecular weight excluding hydrogens is 286 g/mol. The number of carbonyl (C=O) groups is 1. The van der Waals surface area contributed by atoms with Crippen molar-refractivity contribution in [1.29, 1.82) is 0 Å². The summed E-state index contributed by atoms with van der Waals surface area (Å²) in [6.45, 7) is 6.05. The zero-order valence-electron chi connectivity index (χ0n) is 12.4. The molecule has 2 heterocycles. The molecule has 21 heavy (non-hydrogen) atoms. The van der Waals surface area contributed by atoms with Gasteiger partial charge in [-0.3, -0.25) is 9.59 Å². The van der Waals surface area contributed by atoms with Crippen molar-refractivity contribution in [3.8, 4) is 0 Å². The van der Waals surface area contributed by atoms with Gasteiger partial charge in [-0.15, -0.1) is 11.3 Å². The second kappa shape index (κ2) is 5.26. The third-order valence-electron chi connectivity index (χ3n) is 4.13. The van der Waals surface area contributed by atoms with E-state index >= 15 is 0 Å². The van der Waals surface area contributed by atoms with E-state index in [1.54, 1.807) is 0 Å². The second-order valence-corrected chi connectivity index (χ2v) is 7.07. The molecule has 1 aliphatic rings. The lowest BCUT2D eigenvalue weighted by Crippen LogP contribution is -2.27. The Morgan fingerprint density at radius 1 is 1.48 bits per heavy atom. The van der Waals surface area contributed by atoms with Gasteiger partial charge in [-0.2, -0.15) is 0 Å². The van der Waals surface area contributed by atoms with Crippen LogP contribution in [0, 0.1) is 19.8 Å².